The number of rotatable bonds is 2. The molecule has 0 heterocycles. The maximum atomic E-state index is 13.6. The molecule has 0 bridgehead atoms. The van der Waals surface area contributed by atoms with Gasteiger partial charge in [0.15, 0.2) is 0 Å². The number of halogens is 1. The summed E-state index contributed by atoms with van der Waals surface area (Å²) >= 11 is 0. The molecular formula is C12H16FNOS. The Labute approximate surface area is 97.5 Å². The van der Waals surface area contributed by atoms with Gasteiger partial charge in [-0.3, -0.25) is 4.21 Å². The van der Waals surface area contributed by atoms with E-state index in [-0.39, 0.29) is 5.25 Å². The molecule has 2 N–H and O–H groups in total. The molecule has 0 aromatic heterocycles. The first kappa shape index (κ1) is 11.6. The van der Waals surface area contributed by atoms with E-state index in [0.29, 0.717) is 10.6 Å². The summed E-state index contributed by atoms with van der Waals surface area (Å²) in [4.78, 5) is 0.307. The third-order valence-electron chi connectivity index (χ3n) is 3.03. The van der Waals surface area contributed by atoms with Crippen molar-refractivity contribution in [2.45, 2.75) is 42.2 Å². The molecule has 16 heavy (non-hydrogen) atoms. The molecule has 1 fully saturated rings. The van der Waals surface area contributed by atoms with Gasteiger partial charge >= 0.3 is 0 Å². The average Bonchev–Trinajstić information content (AvgIpc) is 2.29. The van der Waals surface area contributed by atoms with Crippen LogP contribution in [0.5, 0.6) is 0 Å². The molecule has 0 spiro atoms. The van der Waals surface area contributed by atoms with E-state index in [1.54, 1.807) is 12.1 Å². The third kappa shape index (κ3) is 2.43. The molecule has 1 aliphatic carbocycles. The Kier molecular flexibility index (Phi) is 3.59. The minimum atomic E-state index is -1.22. The lowest BCUT2D eigenvalue weighted by atomic mass is 10.0. The van der Waals surface area contributed by atoms with Gasteiger partial charge in [0.25, 0.3) is 0 Å². The van der Waals surface area contributed by atoms with Crippen LogP contribution in [0.15, 0.2) is 23.1 Å². The molecule has 2 nitrogen and oxygen atoms in total. The fraction of sp³-hybridized carbons (Fsp3) is 0.500. The van der Waals surface area contributed by atoms with E-state index in [9.17, 15) is 8.60 Å². The second-order valence-corrected chi connectivity index (χ2v) is 5.95. The van der Waals surface area contributed by atoms with Crippen molar-refractivity contribution in [3.05, 3.63) is 24.0 Å². The molecule has 0 saturated heterocycles. The van der Waals surface area contributed by atoms with E-state index in [0.717, 1.165) is 25.7 Å². The molecule has 1 aliphatic rings. The zero-order valence-electron chi connectivity index (χ0n) is 9.12. The Bertz CT molecular complexity index is 402. The van der Waals surface area contributed by atoms with Crippen LogP contribution in [-0.2, 0) is 10.8 Å². The van der Waals surface area contributed by atoms with Gasteiger partial charge in [-0.1, -0.05) is 19.3 Å². The van der Waals surface area contributed by atoms with Gasteiger partial charge in [-0.05, 0) is 31.0 Å². The molecular weight excluding hydrogens is 225 g/mol. The molecule has 88 valence electrons. The highest BCUT2D eigenvalue weighted by molar-refractivity contribution is 7.85. The lowest BCUT2D eigenvalue weighted by Crippen LogP contribution is -2.19. The van der Waals surface area contributed by atoms with Crippen LogP contribution < -0.4 is 5.73 Å². The van der Waals surface area contributed by atoms with E-state index < -0.39 is 16.6 Å². The van der Waals surface area contributed by atoms with Crippen molar-refractivity contribution in [2.24, 2.45) is 0 Å². The van der Waals surface area contributed by atoms with Gasteiger partial charge in [0.1, 0.15) is 5.82 Å². The lowest BCUT2D eigenvalue weighted by molar-refractivity contribution is 0.502. The standard InChI is InChI=1S/C12H16FNOS/c13-11-8-9(14)6-7-12(11)16(15)10-4-2-1-3-5-10/h6-8,10H,1-5,14H2. The smallest absolute Gasteiger partial charge is 0.141 e. The molecule has 1 saturated carbocycles. The Morgan fingerprint density at radius 2 is 1.94 bits per heavy atom. The van der Waals surface area contributed by atoms with Gasteiger partial charge < -0.3 is 5.73 Å². The zero-order valence-corrected chi connectivity index (χ0v) is 9.93. The predicted molar refractivity (Wildman–Crippen MR) is 64.1 cm³/mol. The number of anilines is 1. The van der Waals surface area contributed by atoms with Gasteiger partial charge in [-0.2, -0.15) is 0 Å². The van der Waals surface area contributed by atoms with Crippen LogP contribution in [0.25, 0.3) is 0 Å². The summed E-state index contributed by atoms with van der Waals surface area (Å²) in [7, 11) is -1.22. The van der Waals surface area contributed by atoms with Crippen LogP contribution in [0.3, 0.4) is 0 Å². The van der Waals surface area contributed by atoms with Crippen LogP contribution in [-0.4, -0.2) is 9.46 Å². The van der Waals surface area contributed by atoms with Crippen molar-refractivity contribution in [3.8, 4) is 0 Å². The fourth-order valence-electron chi connectivity index (χ4n) is 2.14. The van der Waals surface area contributed by atoms with E-state index in [4.69, 9.17) is 5.73 Å². The quantitative estimate of drug-likeness (QED) is 0.809. The van der Waals surface area contributed by atoms with Crippen molar-refractivity contribution in [1.82, 2.24) is 0 Å². The van der Waals surface area contributed by atoms with Crippen molar-refractivity contribution in [1.29, 1.82) is 0 Å². The fourth-order valence-corrected chi connectivity index (χ4v) is 3.71. The first-order valence-corrected chi connectivity index (χ1v) is 6.85. The minimum Gasteiger partial charge on any atom is -0.399 e. The number of nitrogens with two attached hydrogens (primary N) is 1. The summed E-state index contributed by atoms with van der Waals surface area (Å²) in [5.74, 6) is -0.441. The van der Waals surface area contributed by atoms with Crippen LogP contribution in [0, 0.1) is 5.82 Å². The predicted octanol–water partition coefficient (Wildman–Crippen LogP) is 2.85. The third-order valence-corrected chi connectivity index (χ3v) is 4.87. The van der Waals surface area contributed by atoms with Crippen molar-refractivity contribution in [3.63, 3.8) is 0 Å². The van der Waals surface area contributed by atoms with Crippen LogP contribution in [0.1, 0.15) is 32.1 Å². The highest BCUT2D eigenvalue weighted by Gasteiger charge is 2.23. The Morgan fingerprint density at radius 3 is 2.56 bits per heavy atom. The van der Waals surface area contributed by atoms with Gasteiger partial charge in [-0.25, -0.2) is 4.39 Å². The number of nitrogen functional groups attached to an aromatic ring is 1. The van der Waals surface area contributed by atoms with Gasteiger partial charge in [0, 0.05) is 10.9 Å². The van der Waals surface area contributed by atoms with E-state index in [2.05, 4.69) is 0 Å². The molecule has 0 radical (unpaired) electrons. The summed E-state index contributed by atoms with van der Waals surface area (Å²) in [5, 5.41) is 0.117. The summed E-state index contributed by atoms with van der Waals surface area (Å²) in [6, 6.07) is 4.41. The summed E-state index contributed by atoms with van der Waals surface area (Å²) in [5.41, 5.74) is 5.84. The van der Waals surface area contributed by atoms with Gasteiger partial charge in [0.05, 0.1) is 15.7 Å². The highest BCUT2D eigenvalue weighted by Crippen LogP contribution is 2.27. The van der Waals surface area contributed by atoms with Crippen LogP contribution >= 0.6 is 0 Å². The molecule has 0 amide bonds. The second-order valence-electron chi connectivity index (χ2n) is 4.25. The molecule has 0 aliphatic heterocycles. The normalized spacial score (nSPS) is 19.6. The molecule has 1 atom stereocenters. The van der Waals surface area contributed by atoms with Crippen LogP contribution in [0.4, 0.5) is 10.1 Å². The average molecular weight is 241 g/mol. The molecule has 1 unspecified atom stereocenters. The van der Waals surface area contributed by atoms with E-state index in [1.807, 2.05) is 0 Å². The van der Waals surface area contributed by atoms with Crippen molar-refractivity contribution >= 4 is 16.5 Å². The van der Waals surface area contributed by atoms with Gasteiger partial charge in [0.2, 0.25) is 0 Å². The second kappa shape index (κ2) is 4.95. The van der Waals surface area contributed by atoms with Gasteiger partial charge in [-0.15, -0.1) is 0 Å². The van der Waals surface area contributed by atoms with Crippen LogP contribution in [0.2, 0.25) is 0 Å². The Balaban J connectivity index is 2.19. The molecule has 1 aromatic carbocycles. The summed E-state index contributed by atoms with van der Waals surface area (Å²) in [6.45, 7) is 0. The Hall–Kier alpha value is -0.900. The maximum Gasteiger partial charge on any atom is 0.141 e. The topological polar surface area (TPSA) is 43.1 Å². The minimum absolute atomic E-state index is 0.117. The number of hydrogen-bond donors (Lipinski definition) is 1. The first-order valence-electron chi connectivity index (χ1n) is 5.64. The Morgan fingerprint density at radius 1 is 1.25 bits per heavy atom. The monoisotopic (exact) mass is 241 g/mol. The highest BCUT2D eigenvalue weighted by atomic mass is 32.2. The maximum absolute atomic E-state index is 13.6. The first-order chi connectivity index (χ1) is 7.68. The molecule has 4 heteroatoms. The zero-order chi connectivity index (χ0) is 11.5. The lowest BCUT2D eigenvalue weighted by Gasteiger charge is -2.21. The molecule has 1 aromatic rings. The van der Waals surface area contributed by atoms with Crippen molar-refractivity contribution in [2.75, 3.05) is 5.73 Å². The SMILES string of the molecule is Nc1ccc(S(=O)C2CCCCC2)c(F)c1. The largest absolute Gasteiger partial charge is 0.399 e. The van der Waals surface area contributed by atoms with E-state index >= 15 is 0 Å². The van der Waals surface area contributed by atoms with Crippen molar-refractivity contribution < 1.29 is 8.60 Å². The summed E-state index contributed by atoms with van der Waals surface area (Å²) < 4.78 is 25.7. The van der Waals surface area contributed by atoms with E-state index in [1.165, 1.54) is 12.5 Å². The number of benzene rings is 1. The molecule has 2 rings (SSSR count). The summed E-state index contributed by atoms with van der Waals surface area (Å²) in [6.07, 6.45) is 5.30. The number of hydrogen-bond acceptors (Lipinski definition) is 2.